The van der Waals surface area contributed by atoms with Gasteiger partial charge in [-0.3, -0.25) is 4.68 Å². The summed E-state index contributed by atoms with van der Waals surface area (Å²) >= 11 is 7.94. The zero-order chi connectivity index (χ0) is 14.7. The Hall–Kier alpha value is -1.05. The Morgan fingerprint density at radius 3 is 2.70 bits per heavy atom. The number of nitrogens with two attached hydrogens (primary N) is 1. The quantitative estimate of drug-likeness (QED) is 0.823. The van der Waals surface area contributed by atoms with Gasteiger partial charge in [-0.15, -0.1) is 10.2 Å². The molecule has 0 aliphatic heterocycles. The predicted octanol–water partition coefficient (Wildman–Crippen LogP) is 1.79. The number of aryl methyl sites for hydroxylation is 3. The molecule has 0 atom stereocenters. The summed E-state index contributed by atoms with van der Waals surface area (Å²) < 4.78 is 3.86. The molecule has 2 rings (SSSR count). The summed E-state index contributed by atoms with van der Waals surface area (Å²) in [7, 11) is 1.91. The van der Waals surface area contributed by atoms with Gasteiger partial charge in [-0.05, 0) is 13.3 Å². The van der Waals surface area contributed by atoms with Crippen LogP contribution in [0.2, 0.25) is 5.02 Å². The summed E-state index contributed by atoms with van der Waals surface area (Å²) in [5, 5.41) is 14.3. The van der Waals surface area contributed by atoms with E-state index in [2.05, 4.69) is 15.3 Å². The van der Waals surface area contributed by atoms with Crippen molar-refractivity contribution in [3.63, 3.8) is 0 Å². The van der Waals surface area contributed by atoms with Gasteiger partial charge < -0.3 is 10.3 Å². The van der Waals surface area contributed by atoms with Crippen molar-refractivity contribution in [1.82, 2.24) is 24.5 Å². The monoisotopic (exact) mass is 314 g/mol. The summed E-state index contributed by atoms with van der Waals surface area (Å²) in [5.41, 5.74) is 7.56. The number of rotatable bonds is 6. The van der Waals surface area contributed by atoms with Crippen LogP contribution < -0.4 is 5.73 Å². The third kappa shape index (κ3) is 2.99. The Labute approximate surface area is 127 Å². The van der Waals surface area contributed by atoms with Gasteiger partial charge in [-0.25, -0.2) is 0 Å². The van der Waals surface area contributed by atoms with Crippen molar-refractivity contribution < 1.29 is 0 Å². The van der Waals surface area contributed by atoms with E-state index < -0.39 is 0 Å². The van der Waals surface area contributed by atoms with E-state index in [1.165, 1.54) is 0 Å². The maximum atomic E-state index is 6.34. The normalized spacial score (nSPS) is 11.2. The van der Waals surface area contributed by atoms with E-state index in [-0.39, 0.29) is 0 Å². The minimum Gasteiger partial charge on any atom is -0.329 e. The number of nitrogens with zero attached hydrogens (tertiary/aromatic N) is 5. The predicted molar refractivity (Wildman–Crippen MR) is 81.0 cm³/mol. The molecule has 2 aromatic rings. The molecule has 2 heterocycles. The van der Waals surface area contributed by atoms with Crippen molar-refractivity contribution in [2.45, 2.75) is 37.7 Å². The summed E-state index contributed by atoms with van der Waals surface area (Å²) in [5.74, 6) is 1.59. The molecule has 110 valence electrons. The highest BCUT2D eigenvalue weighted by atomic mass is 35.5. The van der Waals surface area contributed by atoms with Crippen molar-refractivity contribution in [2.75, 3.05) is 6.54 Å². The minimum atomic E-state index is 0.568. The summed E-state index contributed by atoms with van der Waals surface area (Å²) in [6.07, 6.45) is 0.833. The molecule has 2 aromatic heterocycles. The lowest BCUT2D eigenvalue weighted by Gasteiger charge is -2.06. The van der Waals surface area contributed by atoms with Gasteiger partial charge in [0.2, 0.25) is 0 Å². The largest absolute Gasteiger partial charge is 0.329 e. The van der Waals surface area contributed by atoms with Crippen molar-refractivity contribution in [3.05, 3.63) is 22.2 Å². The molecule has 0 spiro atoms. The Balaban J connectivity index is 2.15. The van der Waals surface area contributed by atoms with Crippen molar-refractivity contribution >= 4 is 23.4 Å². The lowest BCUT2D eigenvalue weighted by Crippen LogP contribution is -2.12. The molecule has 0 saturated carbocycles. The van der Waals surface area contributed by atoms with Crippen molar-refractivity contribution in [2.24, 2.45) is 12.8 Å². The van der Waals surface area contributed by atoms with Gasteiger partial charge >= 0.3 is 0 Å². The smallest absolute Gasteiger partial charge is 0.191 e. The van der Waals surface area contributed by atoms with Gasteiger partial charge in [0.15, 0.2) is 5.16 Å². The fourth-order valence-corrected chi connectivity index (χ4v) is 3.48. The second-order valence-electron chi connectivity index (χ2n) is 4.44. The van der Waals surface area contributed by atoms with E-state index in [4.69, 9.17) is 17.3 Å². The zero-order valence-corrected chi connectivity index (χ0v) is 13.5. The molecule has 0 aliphatic carbocycles. The third-order valence-electron chi connectivity index (χ3n) is 3.10. The SMILES string of the molecule is CCc1nn(C)c(CSc2nnc(C)n2CCN)c1Cl. The molecule has 8 heteroatoms. The molecular weight excluding hydrogens is 296 g/mol. The van der Waals surface area contributed by atoms with E-state index in [1.807, 2.05) is 30.1 Å². The lowest BCUT2D eigenvalue weighted by molar-refractivity contribution is 0.627. The molecule has 6 nitrogen and oxygen atoms in total. The van der Waals surface area contributed by atoms with Crippen LogP contribution in [-0.2, 0) is 25.8 Å². The molecule has 0 unspecified atom stereocenters. The first-order valence-electron chi connectivity index (χ1n) is 6.51. The number of halogens is 1. The number of thioether (sulfide) groups is 1. The van der Waals surface area contributed by atoms with Crippen LogP contribution >= 0.6 is 23.4 Å². The first-order chi connectivity index (χ1) is 9.58. The van der Waals surface area contributed by atoms with Crippen LogP contribution in [0.4, 0.5) is 0 Å². The average molecular weight is 315 g/mol. The van der Waals surface area contributed by atoms with E-state index in [1.54, 1.807) is 11.8 Å². The standard InChI is InChI=1S/C12H19ClN6S/c1-4-9-11(13)10(18(3)17-9)7-20-12-16-15-8(2)19(12)6-5-14/h4-7,14H2,1-3H3. The van der Waals surface area contributed by atoms with Gasteiger partial charge in [0.25, 0.3) is 0 Å². The van der Waals surface area contributed by atoms with Gasteiger partial charge in [0, 0.05) is 25.9 Å². The molecule has 20 heavy (non-hydrogen) atoms. The van der Waals surface area contributed by atoms with Crippen molar-refractivity contribution in [1.29, 1.82) is 0 Å². The molecule has 0 aromatic carbocycles. The van der Waals surface area contributed by atoms with Crippen LogP contribution in [0, 0.1) is 6.92 Å². The van der Waals surface area contributed by atoms with Crippen molar-refractivity contribution in [3.8, 4) is 0 Å². The molecule has 0 radical (unpaired) electrons. The molecule has 0 bridgehead atoms. The second kappa shape index (κ2) is 6.60. The first-order valence-corrected chi connectivity index (χ1v) is 7.87. The van der Waals surface area contributed by atoms with Crippen LogP contribution in [0.1, 0.15) is 24.1 Å². The highest BCUT2D eigenvalue weighted by Gasteiger charge is 2.15. The fourth-order valence-electron chi connectivity index (χ4n) is 1.96. The van der Waals surface area contributed by atoms with Crippen LogP contribution in [0.15, 0.2) is 5.16 Å². The molecular formula is C12H19ClN6S. The molecule has 2 N–H and O–H groups in total. The van der Waals surface area contributed by atoms with E-state index in [0.717, 1.165) is 40.4 Å². The Bertz CT molecular complexity index is 591. The van der Waals surface area contributed by atoms with E-state index in [9.17, 15) is 0 Å². The summed E-state index contributed by atoms with van der Waals surface area (Å²) in [6.45, 7) is 5.27. The summed E-state index contributed by atoms with van der Waals surface area (Å²) in [4.78, 5) is 0. The summed E-state index contributed by atoms with van der Waals surface area (Å²) in [6, 6.07) is 0. The topological polar surface area (TPSA) is 74.5 Å². The second-order valence-corrected chi connectivity index (χ2v) is 5.76. The van der Waals surface area contributed by atoms with Gasteiger partial charge in [-0.1, -0.05) is 30.3 Å². The minimum absolute atomic E-state index is 0.568. The van der Waals surface area contributed by atoms with Crippen LogP contribution in [0.25, 0.3) is 0 Å². The maximum absolute atomic E-state index is 6.34. The zero-order valence-electron chi connectivity index (χ0n) is 11.9. The fraction of sp³-hybridized carbons (Fsp3) is 0.583. The van der Waals surface area contributed by atoms with Gasteiger partial charge in [0.05, 0.1) is 16.4 Å². The molecule has 0 aliphatic rings. The van der Waals surface area contributed by atoms with E-state index in [0.29, 0.717) is 12.3 Å². The highest BCUT2D eigenvalue weighted by Crippen LogP contribution is 2.28. The van der Waals surface area contributed by atoms with Crippen LogP contribution in [0.5, 0.6) is 0 Å². The van der Waals surface area contributed by atoms with Gasteiger partial charge in [0.1, 0.15) is 5.82 Å². The van der Waals surface area contributed by atoms with Crippen LogP contribution in [0.3, 0.4) is 0 Å². The number of hydrogen-bond acceptors (Lipinski definition) is 5. The van der Waals surface area contributed by atoms with E-state index >= 15 is 0 Å². The number of aromatic nitrogens is 5. The number of hydrogen-bond donors (Lipinski definition) is 1. The van der Waals surface area contributed by atoms with Crippen LogP contribution in [-0.4, -0.2) is 31.1 Å². The Morgan fingerprint density at radius 2 is 2.10 bits per heavy atom. The highest BCUT2D eigenvalue weighted by molar-refractivity contribution is 7.98. The lowest BCUT2D eigenvalue weighted by atomic mass is 10.3. The molecule has 0 saturated heterocycles. The first kappa shape index (κ1) is 15.3. The average Bonchev–Trinajstić information content (AvgIpc) is 2.90. The Morgan fingerprint density at radius 1 is 1.35 bits per heavy atom. The Kier molecular flexibility index (Phi) is 5.06. The molecule has 0 amide bonds. The molecule has 0 fully saturated rings. The maximum Gasteiger partial charge on any atom is 0.191 e. The van der Waals surface area contributed by atoms with Gasteiger partial charge in [-0.2, -0.15) is 5.10 Å². The third-order valence-corrected chi connectivity index (χ3v) is 4.51.